The van der Waals surface area contributed by atoms with E-state index in [2.05, 4.69) is 11.1 Å². The van der Waals surface area contributed by atoms with Crippen LogP contribution in [0.1, 0.15) is 23.6 Å². The average Bonchev–Trinajstić information content (AvgIpc) is 2.75. The minimum absolute atomic E-state index is 0.0144. The minimum atomic E-state index is 0.0144. The standard InChI is InChI=1S/C24H23N3O3/c28-21-5-1-3-16(8-21)9-23(29)26-13-17-7-20(15-26)22-10-19(11-24(30)27(22)14-17)18-4-2-6-25-12-18/h1-6,8,10-12,17,20,28H,7,9,13-15H2/t17-,20+/m0/s1. The lowest BCUT2D eigenvalue weighted by molar-refractivity contribution is -0.133. The Bertz CT molecular complexity index is 1160. The fraction of sp³-hybridized carbons (Fsp3) is 0.292. The Labute approximate surface area is 174 Å². The van der Waals surface area contributed by atoms with Crippen LogP contribution in [0.4, 0.5) is 0 Å². The summed E-state index contributed by atoms with van der Waals surface area (Å²) in [5.41, 5.74) is 3.63. The topological polar surface area (TPSA) is 75.4 Å². The van der Waals surface area contributed by atoms with E-state index in [1.807, 2.05) is 27.7 Å². The third kappa shape index (κ3) is 3.49. The molecule has 6 nitrogen and oxygen atoms in total. The molecule has 152 valence electrons. The SMILES string of the molecule is O=C(Cc1cccc(O)c1)N1C[C@@H]2C[C@H](C1)c1cc(-c3cccnc3)cc(=O)n1C2. The molecule has 30 heavy (non-hydrogen) atoms. The second-order valence-electron chi connectivity index (χ2n) is 8.30. The first-order chi connectivity index (χ1) is 14.6. The van der Waals surface area contributed by atoms with Crippen molar-refractivity contribution in [3.63, 3.8) is 0 Å². The molecule has 3 aromatic rings. The number of aromatic nitrogens is 2. The number of hydrogen-bond acceptors (Lipinski definition) is 4. The van der Waals surface area contributed by atoms with E-state index >= 15 is 0 Å². The number of likely N-dealkylation sites (tertiary alicyclic amines) is 1. The number of pyridine rings is 2. The molecule has 1 saturated heterocycles. The number of phenolic OH excluding ortho intramolecular Hbond substituents is 1. The van der Waals surface area contributed by atoms with Crippen molar-refractivity contribution in [1.29, 1.82) is 0 Å². The molecule has 6 heteroatoms. The van der Waals surface area contributed by atoms with Gasteiger partial charge >= 0.3 is 0 Å². The lowest BCUT2D eigenvalue weighted by Crippen LogP contribution is -2.49. The monoisotopic (exact) mass is 401 g/mol. The van der Waals surface area contributed by atoms with E-state index in [0.717, 1.165) is 28.8 Å². The number of phenols is 1. The maximum Gasteiger partial charge on any atom is 0.251 e. The lowest BCUT2D eigenvalue weighted by Gasteiger charge is -2.43. The molecule has 0 unspecified atom stereocenters. The normalized spacial score (nSPS) is 19.9. The molecule has 0 aliphatic carbocycles. The van der Waals surface area contributed by atoms with Gasteiger partial charge in [-0.1, -0.05) is 18.2 Å². The molecule has 0 spiro atoms. The molecule has 1 fully saturated rings. The van der Waals surface area contributed by atoms with E-state index in [1.165, 1.54) is 0 Å². The van der Waals surface area contributed by atoms with E-state index in [1.54, 1.807) is 36.7 Å². The largest absolute Gasteiger partial charge is 0.508 e. The molecule has 0 saturated carbocycles. The molecule has 4 heterocycles. The number of fused-ring (bicyclic) bond motifs is 4. The molecule has 2 aromatic heterocycles. The van der Waals surface area contributed by atoms with Gasteiger partial charge in [-0.15, -0.1) is 0 Å². The highest BCUT2D eigenvalue weighted by Gasteiger charge is 2.36. The zero-order valence-electron chi connectivity index (χ0n) is 16.6. The minimum Gasteiger partial charge on any atom is -0.508 e. The lowest BCUT2D eigenvalue weighted by atomic mass is 9.82. The number of amides is 1. The number of rotatable bonds is 3. The predicted molar refractivity (Wildman–Crippen MR) is 113 cm³/mol. The van der Waals surface area contributed by atoms with Crippen LogP contribution in [0.2, 0.25) is 0 Å². The van der Waals surface area contributed by atoms with Gasteiger partial charge in [0.25, 0.3) is 5.56 Å². The second kappa shape index (κ2) is 7.44. The Hall–Kier alpha value is -3.41. The van der Waals surface area contributed by atoms with Gasteiger partial charge in [0.15, 0.2) is 0 Å². The molecule has 0 radical (unpaired) electrons. The fourth-order valence-corrected chi connectivity index (χ4v) is 4.82. The zero-order chi connectivity index (χ0) is 20.7. The van der Waals surface area contributed by atoms with E-state index < -0.39 is 0 Å². The summed E-state index contributed by atoms with van der Waals surface area (Å²) in [6, 6.07) is 14.4. The Morgan fingerprint density at radius 1 is 1.07 bits per heavy atom. The Balaban J connectivity index is 1.41. The molecule has 1 amide bonds. The van der Waals surface area contributed by atoms with Gasteiger partial charge in [0.1, 0.15) is 5.75 Å². The molecular formula is C24H23N3O3. The van der Waals surface area contributed by atoms with E-state index in [9.17, 15) is 14.7 Å². The highest BCUT2D eigenvalue weighted by molar-refractivity contribution is 5.79. The number of hydrogen-bond donors (Lipinski definition) is 1. The second-order valence-corrected chi connectivity index (χ2v) is 8.30. The van der Waals surface area contributed by atoms with Crippen LogP contribution in [0.25, 0.3) is 11.1 Å². The number of aromatic hydroxyl groups is 1. The predicted octanol–water partition coefficient (Wildman–Crippen LogP) is 2.80. The van der Waals surface area contributed by atoms with Gasteiger partial charge in [0, 0.05) is 55.3 Å². The Morgan fingerprint density at radius 2 is 1.97 bits per heavy atom. The fourth-order valence-electron chi connectivity index (χ4n) is 4.82. The molecular weight excluding hydrogens is 378 g/mol. The van der Waals surface area contributed by atoms with Gasteiger partial charge in [-0.3, -0.25) is 14.6 Å². The number of nitrogens with zero attached hydrogens (tertiary/aromatic N) is 3. The van der Waals surface area contributed by atoms with Crippen molar-refractivity contribution in [3.8, 4) is 16.9 Å². The van der Waals surface area contributed by atoms with Crippen LogP contribution in [0, 0.1) is 5.92 Å². The number of benzene rings is 1. The van der Waals surface area contributed by atoms with Crippen molar-refractivity contribution < 1.29 is 9.90 Å². The number of carbonyl (C=O) groups is 1. The summed E-state index contributed by atoms with van der Waals surface area (Å²) >= 11 is 0. The molecule has 1 N–H and O–H groups in total. The van der Waals surface area contributed by atoms with Crippen LogP contribution in [-0.2, 0) is 17.8 Å². The van der Waals surface area contributed by atoms with Crippen molar-refractivity contribution in [1.82, 2.24) is 14.5 Å². The van der Waals surface area contributed by atoms with E-state index in [4.69, 9.17) is 0 Å². The van der Waals surface area contributed by atoms with Crippen LogP contribution in [-0.4, -0.2) is 38.6 Å². The maximum absolute atomic E-state index is 12.9. The van der Waals surface area contributed by atoms with Crippen molar-refractivity contribution >= 4 is 5.91 Å². The first kappa shape index (κ1) is 18.6. The first-order valence-electron chi connectivity index (χ1n) is 10.3. The Kier molecular flexibility index (Phi) is 4.62. The number of carbonyl (C=O) groups excluding carboxylic acids is 1. The van der Waals surface area contributed by atoms with Gasteiger partial charge in [-0.05, 0) is 47.7 Å². The van der Waals surface area contributed by atoms with Crippen molar-refractivity contribution in [2.75, 3.05) is 13.1 Å². The molecule has 2 aliphatic heterocycles. The summed E-state index contributed by atoms with van der Waals surface area (Å²) in [7, 11) is 0. The quantitative estimate of drug-likeness (QED) is 0.732. The molecule has 2 aliphatic rings. The summed E-state index contributed by atoms with van der Waals surface area (Å²) < 4.78 is 1.88. The Morgan fingerprint density at radius 3 is 2.77 bits per heavy atom. The van der Waals surface area contributed by atoms with Crippen molar-refractivity contribution in [3.05, 3.63) is 82.5 Å². The first-order valence-corrected chi connectivity index (χ1v) is 10.3. The summed E-state index contributed by atoms with van der Waals surface area (Å²) in [5.74, 6) is 0.669. The summed E-state index contributed by atoms with van der Waals surface area (Å²) in [5, 5.41) is 9.66. The average molecular weight is 401 g/mol. The van der Waals surface area contributed by atoms with Gasteiger partial charge in [0.05, 0.1) is 6.42 Å². The van der Waals surface area contributed by atoms with Crippen molar-refractivity contribution in [2.45, 2.75) is 25.3 Å². The molecule has 2 atom stereocenters. The van der Waals surface area contributed by atoms with E-state index in [0.29, 0.717) is 19.6 Å². The maximum atomic E-state index is 12.9. The van der Waals surface area contributed by atoms with E-state index in [-0.39, 0.29) is 35.5 Å². The van der Waals surface area contributed by atoms with Gasteiger partial charge < -0.3 is 14.6 Å². The molecule has 2 bridgehead atoms. The third-order valence-electron chi connectivity index (χ3n) is 6.17. The molecule has 1 aromatic carbocycles. The van der Waals surface area contributed by atoms with Gasteiger partial charge in [-0.2, -0.15) is 0 Å². The van der Waals surface area contributed by atoms with Crippen LogP contribution in [0.5, 0.6) is 5.75 Å². The van der Waals surface area contributed by atoms with Gasteiger partial charge in [0.2, 0.25) is 5.91 Å². The van der Waals surface area contributed by atoms with Gasteiger partial charge in [-0.25, -0.2) is 0 Å². The van der Waals surface area contributed by atoms with Crippen molar-refractivity contribution in [2.24, 2.45) is 5.92 Å². The summed E-state index contributed by atoms with van der Waals surface area (Å²) in [6.07, 6.45) is 4.75. The van der Waals surface area contributed by atoms with Crippen LogP contribution >= 0.6 is 0 Å². The zero-order valence-corrected chi connectivity index (χ0v) is 16.6. The summed E-state index contributed by atoms with van der Waals surface area (Å²) in [6.45, 7) is 1.93. The van der Waals surface area contributed by atoms with Crippen LogP contribution in [0.15, 0.2) is 65.7 Å². The highest BCUT2D eigenvalue weighted by Crippen LogP contribution is 2.36. The summed E-state index contributed by atoms with van der Waals surface area (Å²) in [4.78, 5) is 31.9. The third-order valence-corrected chi connectivity index (χ3v) is 6.17. The van der Waals surface area contributed by atoms with Crippen LogP contribution in [0.3, 0.4) is 0 Å². The number of piperidine rings is 1. The molecule has 5 rings (SSSR count). The highest BCUT2D eigenvalue weighted by atomic mass is 16.3. The van der Waals surface area contributed by atoms with Crippen LogP contribution < -0.4 is 5.56 Å². The smallest absolute Gasteiger partial charge is 0.251 e.